The lowest BCUT2D eigenvalue weighted by Crippen LogP contribution is -2.52. The molecule has 1 saturated carbocycles. The van der Waals surface area contributed by atoms with Crippen molar-refractivity contribution >= 4 is 28.3 Å². The van der Waals surface area contributed by atoms with Crippen molar-refractivity contribution in [3.05, 3.63) is 30.3 Å². The number of carbonyl (C=O) groups excluding carboxylic acids is 1. The van der Waals surface area contributed by atoms with Crippen molar-refractivity contribution in [3.63, 3.8) is 0 Å². The number of nitriles is 1. The van der Waals surface area contributed by atoms with E-state index >= 15 is 0 Å². The molecule has 9 heteroatoms. The van der Waals surface area contributed by atoms with E-state index in [2.05, 4.69) is 64.1 Å². The van der Waals surface area contributed by atoms with Gasteiger partial charge >= 0.3 is 0 Å². The number of carbonyl (C=O) groups is 1. The molecule has 3 unspecified atom stereocenters. The lowest BCUT2D eigenvalue weighted by Gasteiger charge is -2.37. The maximum atomic E-state index is 12.9. The minimum Gasteiger partial charge on any atom is -0.375 e. The van der Waals surface area contributed by atoms with Gasteiger partial charge < -0.3 is 20.3 Å². The molecular weight excluding hydrogens is 454 g/mol. The van der Waals surface area contributed by atoms with Crippen LogP contribution in [0.1, 0.15) is 39.5 Å². The van der Waals surface area contributed by atoms with Crippen LogP contribution in [0.2, 0.25) is 0 Å². The zero-order chi connectivity index (χ0) is 24.8. The van der Waals surface area contributed by atoms with Gasteiger partial charge in [-0.05, 0) is 69.4 Å². The second kappa shape index (κ2) is 9.51. The Kier molecular flexibility index (Phi) is 6.20. The molecule has 6 rings (SSSR count). The Labute approximate surface area is 212 Å². The Morgan fingerprint density at radius 2 is 2.11 bits per heavy atom. The van der Waals surface area contributed by atoms with E-state index in [9.17, 15) is 10.1 Å². The van der Waals surface area contributed by atoms with Gasteiger partial charge in [0, 0.05) is 36.2 Å². The van der Waals surface area contributed by atoms with Crippen LogP contribution in [0.4, 0.5) is 11.5 Å². The molecular formula is C27H35N7O2. The van der Waals surface area contributed by atoms with E-state index in [-0.39, 0.29) is 36.2 Å². The van der Waals surface area contributed by atoms with Crippen molar-refractivity contribution in [2.45, 2.75) is 69.9 Å². The molecule has 1 aromatic heterocycles. The number of amides is 1. The van der Waals surface area contributed by atoms with Crippen molar-refractivity contribution in [1.82, 2.24) is 20.7 Å². The molecule has 0 bridgehead atoms. The molecule has 2 aromatic rings. The first-order chi connectivity index (χ1) is 17.5. The summed E-state index contributed by atoms with van der Waals surface area (Å²) in [5.74, 6) is 1.38. The Bertz CT molecular complexity index is 1180. The summed E-state index contributed by atoms with van der Waals surface area (Å²) < 4.78 is 5.77. The summed E-state index contributed by atoms with van der Waals surface area (Å²) in [6.45, 7) is 6.49. The van der Waals surface area contributed by atoms with Crippen molar-refractivity contribution < 1.29 is 9.53 Å². The van der Waals surface area contributed by atoms with Crippen molar-refractivity contribution in [2.24, 2.45) is 11.8 Å². The van der Waals surface area contributed by atoms with Crippen LogP contribution in [0, 0.1) is 23.2 Å². The summed E-state index contributed by atoms with van der Waals surface area (Å²) in [4.78, 5) is 20.2. The average molecular weight is 490 g/mol. The van der Waals surface area contributed by atoms with Crippen LogP contribution >= 0.6 is 0 Å². The summed E-state index contributed by atoms with van der Waals surface area (Å²) in [5.41, 5.74) is 5.50. The fourth-order valence-electron chi connectivity index (χ4n) is 6.13. The molecule has 190 valence electrons. The van der Waals surface area contributed by atoms with Crippen LogP contribution < -0.4 is 21.0 Å². The third-order valence-electron chi connectivity index (χ3n) is 8.18. The average Bonchev–Trinajstić information content (AvgIpc) is 3.66. The maximum absolute atomic E-state index is 12.9. The molecule has 1 aliphatic carbocycles. The summed E-state index contributed by atoms with van der Waals surface area (Å²) in [5, 5.41) is 19.4. The molecule has 4 aliphatic rings. The highest BCUT2D eigenvalue weighted by atomic mass is 16.5. The molecule has 1 aromatic carbocycles. The van der Waals surface area contributed by atoms with Gasteiger partial charge in [0.25, 0.3) is 0 Å². The quantitative estimate of drug-likeness (QED) is 0.569. The molecule has 3 N–H and O–H groups in total. The number of pyridine rings is 1. The van der Waals surface area contributed by atoms with Gasteiger partial charge in [0.05, 0.1) is 42.7 Å². The van der Waals surface area contributed by atoms with Crippen LogP contribution in [0.3, 0.4) is 0 Å². The van der Waals surface area contributed by atoms with E-state index in [1.54, 1.807) is 0 Å². The highest BCUT2D eigenvalue weighted by Crippen LogP contribution is 2.41. The predicted molar refractivity (Wildman–Crippen MR) is 138 cm³/mol. The minimum atomic E-state index is -0.226. The molecule has 4 heterocycles. The summed E-state index contributed by atoms with van der Waals surface area (Å²) >= 11 is 0. The Morgan fingerprint density at radius 1 is 1.25 bits per heavy atom. The van der Waals surface area contributed by atoms with E-state index in [0.717, 1.165) is 48.2 Å². The predicted octanol–water partition coefficient (Wildman–Crippen LogP) is 2.60. The number of anilines is 2. The monoisotopic (exact) mass is 489 g/mol. The highest BCUT2D eigenvalue weighted by Gasteiger charge is 2.51. The molecule has 6 atom stereocenters. The summed E-state index contributed by atoms with van der Waals surface area (Å²) in [6.07, 6.45) is 3.66. The number of hydrazine groups is 1. The molecule has 0 spiro atoms. The molecule has 0 radical (unpaired) electrons. The summed E-state index contributed by atoms with van der Waals surface area (Å²) in [6, 6.07) is 13.3. The number of ether oxygens (including phenoxy) is 1. The normalized spacial score (nSPS) is 31.5. The van der Waals surface area contributed by atoms with Crippen molar-refractivity contribution in [2.75, 3.05) is 29.9 Å². The van der Waals surface area contributed by atoms with E-state index in [1.807, 2.05) is 12.1 Å². The maximum Gasteiger partial charge on any atom is 0.228 e. The molecule has 4 fully saturated rings. The third kappa shape index (κ3) is 4.38. The van der Waals surface area contributed by atoms with Gasteiger partial charge in [0.15, 0.2) is 0 Å². The van der Waals surface area contributed by atoms with Gasteiger partial charge in [-0.1, -0.05) is 0 Å². The van der Waals surface area contributed by atoms with E-state index in [4.69, 9.17) is 9.72 Å². The highest BCUT2D eigenvalue weighted by molar-refractivity contribution is 5.85. The molecule has 9 nitrogen and oxygen atoms in total. The lowest BCUT2D eigenvalue weighted by atomic mass is 9.90. The van der Waals surface area contributed by atoms with Crippen LogP contribution in [0.15, 0.2) is 30.3 Å². The van der Waals surface area contributed by atoms with Gasteiger partial charge in [0.2, 0.25) is 5.91 Å². The third-order valence-corrected chi connectivity index (χ3v) is 8.18. The zero-order valence-corrected chi connectivity index (χ0v) is 21.0. The molecule has 1 amide bonds. The SMILES string of the molecule is C[C@@H]1CN(c2ccc3cc(NC4NN([C@@H](CC#N)C5CC5)C5CCNC(=O)C45)ccc3n2)[C@@H](C)CO1. The first-order valence-electron chi connectivity index (χ1n) is 13.3. The number of rotatable bonds is 6. The van der Waals surface area contributed by atoms with Gasteiger partial charge in [0.1, 0.15) is 12.0 Å². The number of fused-ring (bicyclic) bond motifs is 2. The fraction of sp³-hybridized carbons (Fsp3) is 0.593. The largest absolute Gasteiger partial charge is 0.375 e. The van der Waals surface area contributed by atoms with Gasteiger partial charge in [-0.2, -0.15) is 5.26 Å². The number of piperidine rings is 1. The van der Waals surface area contributed by atoms with Crippen LogP contribution in [0.25, 0.3) is 10.9 Å². The van der Waals surface area contributed by atoms with Gasteiger partial charge in [-0.15, -0.1) is 0 Å². The number of benzene rings is 1. The van der Waals surface area contributed by atoms with E-state index in [1.165, 1.54) is 0 Å². The number of nitrogens with zero attached hydrogens (tertiary/aromatic N) is 4. The Balaban J connectivity index is 1.23. The standard InChI is InChI=1S/C27H35N7O2/c1-16-15-36-17(2)14-33(16)24-8-5-19-13-20(6-7-21(19)31-24)30-26-25-23(10-12-29-27(25)35)34(32-26)22(9-11-28)18-3-4-18/h5-8,13,16-18,22-23,25-26,30,32H,3-4,9-10,12,14-15H2,1-2H3,(H,29,35)/t16-,17+,22-,23?,25?,26?/m0/s1. The zero-order valence-electron chi connectivity index (χ0n) is 21.0. The first-order valence-corrected chi connectivity index (χ1v) is 13.3. The second-order valence-electron chi connectivity index (χ2n) is 10.8. The van der Waals surface area contributed by atoms with Crippen LogP contribution in [0.5, 0.6) is 0 Å². The number of hydrogen-bond acceptors (Lipinski definition) is 8. The first kappa shape index (κ1) is 23.5. The fourth-order valence-corrected chi connectivity index (χ4v) is 6.13. The van der Waals surface area contributed by atoms with E-state index in [0.29, 0.717) is 31.5 Å². The van der Waals surface area contributed by atoms with Gasteiger partial charge in [-0.25, -0.2) is 15.4 Å². The number of morpholine rings is 1. The smallest absolute Gasteiger partial charge is 0.228 e. The van der Waals surface area contributed by atoms with Gasteiger partial charge in [-0.3, -0.25) is 4.79 Å². The summed E-state index contributed by atoms with van der Waals surface area (Å²) in [7, 11) is 0. The van der Waals surface area contributed by atoms with Crippen molar-refractivity contribution in [1.29, 1.82) is 5.26 Å². The van der Waals surface area contributed by atoms with Crippen LogP contribution in [-0.4, -0.2) is 66.0 Å². The number of nitrogens with one attached hydrogen (secondary N) is 3. The van der Waals surface area contributed by atoms with Crippen LogP contribution in [-0.2, 0) is 9.53 Å². The topological polar surface area (TPSA) is 106 Å². The Hall–Kier alpha value is -2.93. The molecule has 3 aliphatic heterocycles. The molecule has 36 heavy (non-hydrogen) atoms. The number of hydrogen-bond donors (Lipinski definition) is 3. The number of aromatic nitrogens is 1. The molecule has 3 saturated heterocycles. The minimum absolute atomic E-state index is 0.0752. The second-order valence-corrected chi connectivity index (χ2v) is 10.8. The van der Waals surface area contributed by atoms with Crippen molar-refractivity contribution in [3.8, 4) is 6.07 Å². The Morgan fingerprint density at radius 3 is 2.92 bits per heavy atom. The lowest BCUT2D eigenvalue weighted by molar-refractivity contribution is -0.128. The van der Waals surface area contributed by atoms with E-state index < -0.39 is 0 Å².